The van der Waals surface area contributed by atoms with E-state index in [2.05, 4.69) is 4.98 Å². The van der Waals surface area contributed by atoms with E-state index < -0.39 is 0 Å². The lowest BCUT2D eigenvalue weighted by Crippen LogP contribution is -1.85. The number of carbonyl (C=O) groups is 1. The summed E-state index contributed by atoms with van der Waals surface area (Å²) in [6.07, 6.45) is 3.97. The molecule has 0 aliphatic carbocycles. The average molecular weight is 187 g/mol. The number of rotatable bonds is 1. The molecular formula is C6H3ClN2OS. The number of hydrogen-bond donors (Lipinski definition) is 0. The van der Waals surface area contributed by atoms with E-state index in [1.807, 2.05) is 0 Å². The van der Waals surface area contributed by atoms with Crippen LogP contribution in [0, 0.1) is 0 Å². The summed E-state index contributed by atoms with van der Waals surface area (Å²) < 4.78 is 2.18. The second-order valence-corrected chi connectivity index (χ2v) is 3.61. The molecule has 2 heterocycles. The maximum Gasteiger partial charge on any atom is 0.169 e. The van der Waals surface area contributed by atoms with Gasteiger partial charge in [0.2, 0.25) is 0 Å². The molecule has 0 bridgehead atoms. The van der Waals surface area contributed by atoms with Gasteiger partial charge in [0.25, 0.3) is 0 Å². The molecule has 0 unspecified atom stereocenters. The van der Waals surface area contributed by atoms with Crippen LogP contribution in [-0.4, -0.2) is 15.7 Å². The molecule has 2 rings (SSSR count). The third-order valence-corrected chi connectivity index (χ3v) is 2.70. The second-order valence-electron chi connectivity index (χ2n) is 1.98. The van der Waals surface area contributed by atoms with Crippen molar-refractivity contribution in [2.75, 3.05) is 0 Å². The molecule has 3 nitrogen and oxygen atoms in total. The van der Waals surface area contributed by atoms with E-state index in [-0.39, 0.29) is 0 Å². The normalized spacial score (nSPS) is 10.6. The maximum atomic E-state index is 10.5. The molecule has 56 valence electrons. The fourth-order valence-electron chi connectivity index (χ4n) is 0.881. The first-order chi connectivity index (χ1) is 5.33. The smallest absolute Gasteiger partial charge is 0.169 e. The van der Waals surface area contributed by atoms with E-state index in [1.54, 1.807) is 16.9 Å². The van der Waals surface area contributed by atoms with E-state index >= 15 is 0 Å². The number of carbonyl (C=O) groups excluding carboxylic acids is 1. The quantitative estimate of drug-likeness (QED) is 0.638. The average Bonchev–Trinajstić information content (AvgIpc) is 2.46. The Bertz CT molecular complexity index is 406. The van der Waals surface area contributed by atoms with Crippen LogP contribution in [0.4, 0.5) is 0 Å². The zero-order valence-corrected chi connectivity index (χ0v) is 6.89. The largest absolute Gasteiger partial charge is 0.296 e. The number of fused-ring (bicyclic) bond motifs is 1. The van der Waals surface area contributed by atoms with Gasteiger partial charge in [-0.05, 0) is 0 Å². The van der Waals surface area contributed by atoms with Gasteiger partial charge >= 0.3 is 0 Å². The standard InChI is InChI=1S/C6H3ClN2OS/c7-6-4(2-10)9-3-8-1-5(9)11-6/h1-3H. The van der Waals surface area contributed by atoms with Crippen LogP contribution in [0.3, 0.4) is 0 Å². The van der Waals surface area contributed by atoms with E-state index in [1.165, 1.54) is 11.3 Å². The number of aromatic nitrogens is 2. The molecule has 0 aliphatic heterocycles. The highest BCUT2D eigenvalue weighted by Gasteiger charge is 2.08. The molecule has 0 atom stereocenters. The summed E-state index contributed by atoms with van der Waals surface area (Å²) >= 11 is 7.09. The minimum Gasteiger partial charge on any atom is -0.296 e. The van der Waals surface area contributed by atoms with Gasteiger partial charge in [-0.1, -0.05) is 11.6 Å². The predicted octanol–water partition coefficient (Wildman–Crippen LogP) is 1.86. The number of halogens is 1. The summed E-state index contributed by atoms with van der Waals surface area (Å²) in [6.45, 7) is 0. The minimum atomic E-state index is 0.476. The van der Waals surface area contributed by atoms with Crippen molar-refractivity contribution in [1.29, 1.82) is 0 Å². The lowest BCUT2D eigenvalue weighted by Gasteiger charge is -1.84. The Morgan fingerprint density at radius 1 is 1.73 bits per heavy atom. The predicted molar refractivity (Wildman–Crippen MR) is 43.5 cm³/mol. The van der Waals surface area contributed by atoms with E-state index in [4.69, 9.17) is 11.6 Å². The summed E-state index contributed by atoms with van der Waals surface area (Å²) in [5.74, 6) is 0. The minimum absolute atomic E-state index is 0.476. The Balaban J connectivity index is 2.90. The Labute approximate surface area is 71.2 Å². The second kappa shape index (κ2) is 2.32. The van der Waals surface area contributed by atoms with Crippen molar-refractivity contribution < 1.29 is 4.79 Å². The van der Waals surface area contributed by atoms with Crippen LogP contribution in [0.25, 0.3) is 4.83 Å². The summed E-state index contributed by atoms with van der Waals surface area (Å²) in [4.78, 5) is 15.2. The van der Waals surface area contributed by atoms with Crippen molar-refractivity contribution in [3.63, 3.8) is 0 Å². The molecule has 0 saturated heterocycles. The highest BCUT2D eigenvalue weighted by Crippen LogP contribution is 2.26. The molecule has 0 fully saturated rings. The van der Waals surface area contributed by atoms with E-state index in [0.717, 1.165) is 11.1 Å². The van der Waals surface area contributed by atoms with Crippen LogP contribution in [0.1, 0.15) is 10.5 Å². The molecule has 11 heavy (non-hydrogen) atoms. The Kier molecular flexibility index (Phi) is 1.44. The summed E-state index contributed by atoms with van der Waals surface area (Å²) in [5.41, 5.74) is 0.476. The fourth-order valence-corrected chi connectivity index (χ4v) is 2.05. The van der Waals surface area contributed by atoms with Crippen molar-refractivity contribution >= 4 is 34.1 Å². The van der Waals surface area contributed by atoms with Crippen LogP contribution in [0.15, 0.2) is 12.5 Å². The van der Waals surface area contributed by atoms with Gasteiger partial charge in [-0.2, -0.15) is 0 Å². The van der Waals surface area contributed by atoms with Crippen LogP contribution < -0.4 is 0 Å². The zero-order chi connectivity index (χ0) is 7.84. The van der Waals surface area contributed by atoms with Crippen LogP contribution in [-0.2, 0) is 0 Å². The van der Waals surface area contributed by atoms with Crippen molar-refractivity contribution in [2.45, 2.75) is 0 Å². The van der Waals surface area contributed by atoms with Gasteiger partial charge in [0, 0.05) is 0 Å². The topological polar surface area (TPSA) is 34.4 Å². The zero-order valence-electron chi connectivity index (χ0n) is 5.32. The summed E-state index contributed by atoms with van der Waals surface area (Å²) in [5, 5.41) is 0. The molecular weight excluding hydrogens is 184 g/mol. The van der Waals surface area contributed by atoms with E-state index in [9.17, 15) is 4.79 Å². The van der Waals surface area contributed by atoms with Gasteiger partial charge in [0.05, 0.1) is 6.20 Å². The van der Waals surface area contributed by atoms with Crippen LogP contribution >= 0.6 is 22.9 Å². The number of imidazole rings is 1. The van der Waals surface area contributed by atoms with Gasteiger partial charge in [0.1, 0.15) is 21.2 Å². The molecule has 0 amide bonds. The van der Waals surface area contributed by atoms with Gasteiger partial charge in [-0.15, -0.1) is 11.3 Å². The van der Waals surface area contributed by atoms with Crippen molar-refractivity contribution in [3.8, 4) is 0 Å². The SMILES string of the molecule is O=Cc1c(Cl)sc2cncn12. The molecule has 0 saturated carbocycles. The van der Waals surface area contributed by atoms with Crippen molar-refractivity contribution in [2.24, 2.45) is 0 Å². The van der Waals surface area contributed by atoms with Gasteiger partial charge in [0.15, 0.2) is 6.29 Å². The maximum absolute atomic E-state index is 10.5. The van der Waals surface area contributed by atoms with Gasteiger partial charge in [-0.25, -0.2) is 4.98 Å². The van der Waals surface area contributed by atoms with Crippen molar-refractivity contribution in [1.82, 2.24) is 9.38 Å². The first kappa shape index (κ1) is 6.82. The Hall–Kier alpha value is -0.870. The molecule has 5 heteroatoms. The van der Waals surface area contributed by atoms with Crippen LogP contribution in [0.2, 0.25) is 4.34 Å². The van der Waals surface area contributed by atoms with Crippen molar-refractivity contribution in [3.05, 3.63) is 22.6 Å². The first-order valence-electron chi connectivity index (χ1n) is 2.88. The summed E-state index contributed by atoms with van der Waals surface area (Å²) in [6, 6.07) is 0. The lowest BCUT2D eigenvalue weighted by molar-refractivity contribution is 0.111. The highest BCUT2D eigenvalue weighted by atomic mass is 35.5. The molecule has 0 aliphatic rings. The summed E-state index contributed by atoms with van der Waals surface area (Å²) in [7, 11) is 0. The number of hydrogen-bond acceptors (Lipinski definition) is 3. The molecule has 0 aromatic carbocycles. The number of nitrogens with zero attached hydrogens (tertiary/aromatic N) is 2. The Morgan fingerprint density at radius 2 is 2.55 bits per heavy atom. The molecule has 0 radical (unpaired) electrons. The fraction of sp³-hybridized carbons (Fsp3) is 0. The van der Waals surface area contributed by atoms with E-state index in [0.29, 0.717) is 10.0 Å². The third-order valence-electron chi connectivity index (χ3n) is 1.37. The first-order valence-corrected chi connectivity index (χ1v) is 4.08. The number of thiazole rings is 1. The monoisotopic (exact) mass is 186 g/mol. The van der Waals surface area contributed by atoms with Gasteiger partial charge < -0.3 is 0 Å². The molecule has 2 aromatic heterocycles. The lowest BCUT2D eigenvalue weighted by atomic mass is 10.5. The molecule has 0 spiro atoms. The molecule has 0 N–H and O–H groups in total. The molecule has 2 aromatic rings. The van der Waals surface area contributed by atoms with Gasteiger partial charge in [-0.3, -0.25) is 9.20 Å². The third kappa shape index (κ3) is 0.868. The van der Waals surface area contributed by atoms with Crippen LogP contribution in [0.5, 0.6) is 0 Å². The number of aldehydes is 1. The Morgan fingerprint density at radius 3 is 3.27 bits per heavy atom. The highest BCUT2D eigenvalue weighted by molar-refractivity contribution is 7.21.